The van der Waals surface area contributed by atoms with Crippen molar-refractivity contribution >= 4 is 17.5 Å². The van der Waals surface area contributed by atoms with Gasteiger partial charge in [0.05, 0.1) is 22.9 Å². The summed E-state index contributed by atoms with van der Waals surface area (Å²) in [5.74, 6) is -1.94. The molecule has 3 aromatic rings. The second kappa shape index (κ2) is 6.98. The van der Waals surface area contributed by atoms with E-state index in [1.807, 2.05) is 0 Å². The van der Waals surface area contributed by atoms with Gasteiger partial charge >= 0.3 is 0 Å². The van der Waals surface area contributed by atoms with Gasteiger partial charge in [-0.3, -0.25) is 4.79 Å². The molecule has 128 valence electrons. The van der Waals surface area contributed by atoms with Crippen LogP contribution >= 0.6 is 11.6 Å². The smallest absolute Gasteiger partial charge is 0.273 e. The quantitative estimate of drug-likeness (QED) is 0.770. The lowest BCUT2D eigenvalue weighted by Crippen LogP contribution is -2.27. The summed E-state index contributed by atoms with van der Waals surface area (Å²) in [5.41, 5.74) is 0.802. The van der Waals surface area contributed by atoms with Crippen molar-refractivity contribution in [2.75, 3.05) is 0 Å². The fourth-order valence-corrected chi connectivity index (χ4v) is 2.55. The molecule has 0 radical (unpaired) electrons. The Labute approximate surface area is 147 Å². The van der Waals surface area contributed by atoms with Crippen molar-refractivity contribution in [1.29, 1.82) is 0 Å². The van der Waals surface area contributed by atoms with Crippen LogP contribution < -0.4 is 5.32 Å². The summed E-state index contributed by atoms with van der Waals surface area (Å²) in [6.45, 7) is 1.59. The van der Waals surface area contributed by atoms with Crippen molar-refractivity contribution in [1.82, 2.24) is 20.3 Å². The first kappa shape index (κ1) is 17.0. The van der Waals surface area contributed by atoms with E-state index < -0.39 is 23.6 Å². The Hall–Kier alpha value is -2.80. The van der Waals surface area contributed by atoms with Crippen LogP contribution in [0.5, 0.6) is 0 Å². The molecular formula is C17H13ClF2N4O. The van der Waals surface area contributed by atoms with E-state index in [2.05, 4.69) is 15.6 Å². The maximum Gasteiger partial charge on any atom is 0.273 e. The molecule has 0 saturated carbocycles. The van der Waals surface area contributed by atoms with Crippen molar-refractivity contribution in [3.8, 4) is 5.69 Å². The van der Waals surface area contributed by atoms with E-state index in [4.69, 9.17) is 11.6 Å². The Kier molecular flexibility index (Phi) is 4.76. The standard InChI is InChI=1S/C17H13ClF2N4O/c1-10(12-7-6-11(19)8-14(12)20)21-17(25)15-9-24(23-22-15)16-5-3-2-4-13(16)18/h2-10H,1H3,(H,21,25). The van der Waals surface area contributed by atoms with E-state index >= 15 is 0 Å². The highest BCUT2D eigenvalue weighted by atomic mass is 35.5. The Morgan fingerprint density at radius 2 is 2.00 bits per heavy atom. The topological polar surface area (TPSA) is 59.8 Å². The molecule has 5 nitrogen and oxygen atoms in total. The molecule has 2 aromatic carbocycles. The lowest BCUT2D eigenvalue weighted by molar-refractivity contribution is 0.0934. The molecule has 0 saturated heterocycles. The van der Waals surface area contributed by atoms with Gasteiger partial charge in [0.15, 0.2) is 5.69 Å². The summed E-state index contributed by atoms with van der Waals surface area (Å²) >= 11 is 6.08. The summed E-state index contributed by atoms with van der Waals surface area (Å²) in [6, 6.07) is 9.50. The van der Waals surface area contributed by atoms with E-state index in [0.717, 1.165) is 12.1 Å². The fourth-order valence-electron chi connectivity index (χ4n) is 2.32. The van der Waals surface area contributed by atoms with Crippen molar-refractivity contribution in [2.24, 2.45) is 0 Å². The van der Waals surface area contributed by atoms with Gasteiger partial charge in [-0.05, 0) is 25.1 Å². The van der Waals surface area contributed by atoms with Crippen molar-refractivity contribution in [3.05, 3.63) is 76.6 Å². The second-order valence-corrected chi connectivity index (χ2v) is 5.77. The number of carbonyl (C=O) groups is 1. The van der Waals surface area contributed by atoms with Crippen molar-refractivity contribution in [3.63, 3.8) is 0 Å². The van der Waals surface area contributed by atoms with Gasteiger partial charge in [0, 0.05) is 11.6 Å². The Morgan fingerprint density at radius 1 is 1.24 bits per heavy atom. The monoisotopic (exact) mass is 362 g/mol. The van der Waals surface area contributed by atoms with E-state index in [1.54, 1.807) is 31.2 Å². The molecule has 25 heavy (non-hydrogen) atoms. The van der Waals surface area contributed by atoms with Gasteiger partial charge in [0.25, 0.3) is 5.91 Å². The van der Waals surface area contributed by atoms with E-state index in [9.17, 15) is 13.6 Å². The van der Waals surface area contributed by atoms with Gasteiger partial charge in [0.2, 0.25) is 0 Å². The number of hydrogen-bond donors (Lipinski definition) is 1. The van der Waals surface area contributed by atoms with Crippen LogP contribution in [0, 0.1) is 11.6 Å². The number of hydrogen-bond acceptors (Lipinski definition) is 3. The van der Waals surface area contributed by atoms with Gasteiger partial charge in [-0.25, -0.2) is 13.5 Å². The highest BCUT2D eigenvalue weighted by Gasteiger charge is 2.18. The van der Waals surface area contributed by atoms with Gasteiger partial charge in [-0.1, -0.05) is 35.0 Å². The molecule has 1 N–H and O–H groups in total. The molecule has 0 bridgehead atoms. The molecule has 3 rings (SSSR count). The van der Waals surface area contributed by atoms with Crippen LogP contribution in [-0.2, 0) is 0 Å². The number of aromatic nitrogens is 3. The minimum atomic E-state index is -0.729. The van der Waals surface area contributed by atoms with E-state index in [0.29, 0.717) is 10.7 Å². The van der Waals surface area contributed by atoms with Crippen LogP contribution in [0.3, 0.4) is 0 Å². The Morgan fingerprint density at radius 3 is 2.72 bits per heavy atom. The lowest BCUT2D eigenvalue weighted by atomic mass is 10.1. The SMILES string of the molecule is CC(NC(=O)c1cn(-c2ccccc2Cl)nn1)c1ccc(F)cc1F. The summed E-state index contributed by atoms with van der Waals surface area (Å²) in [5, 5.41) is 10.7. The third-order valence-electron chi connectivity index (χ3n) is 3.60. The van der Waals surface area contributed by atoms with Gasteiger partial charge < -0.3 is 5.32 Å². The number of nitrogens with zero attached hydrogens (tertiary/aromatic N) is 3. The van der Waals surface area contributed by atoms with Gasteiger partial charge in [-0.2, -0.15) is 0 Å². The van der Waals surface area contributed by atoms with Gasteiger partial charge in [0.1, 0.15) is 11.6 Å². The maximum atomic E-state index is 13.8. The molecule has 0 fully saturated rings. The van der Waals surface area contributed by atoms with Crippen LogP contribution in [0.1, 0.15) is 29.0 Å². The summed E-state index contributed by atoms with van der Waals surface area (Å²) in [6.07, 6.45) is 1.42. The first-order valence-electron chi connectivity index (χ1n) is 7.39. The molecule has 0 aliphatic rings. The third kappa shape index (κ3) is 3.66. The molecule has 1 atom stereocenters. The predicted octanol–water partition coefficient (Wildman–Crippen LogP) is 3.69. The summed E-state index contributed by atoms with van der Waals surface area (Å²) in [7, 11) is 0. The zero-order valence-electron chi connectivity index (χ0n) is 13.1. The van der Waals surface area contributed by atoms with Crippen molar-refractivity contribution in [2.45, 2.75) is 13.0 Å². The van der Waals surface area contributed by atoms with Gasteiger partial charge in [-0.15, -0.1) is 5.10 Å². The minimum absolute atomic E-state index is 0.0503. The number of nitrogens with one attached hydrogen (secondary N) is 1. The third-order valence-corrected chi connectivity index (χ3v) is 3.92. The molecule has 0 aliphatic heterocycles. The largest absolute Gasteiger partial charge is 0.344 e. The lowest BCUT2D eigenvalue weighted by Gasteiger charge is -2.14. The molecular weight excluding hydrogens is 350 g/mol. The number of rotatable bonds is 4. The first-order valence-corrected chi connectivity index (χ1v) is 7.76. The average Bonchev–Trinajstić information content (AvgIpc) is 3.05. The number of benzene rings is 2. The van der Waals surface area contributed by atoms with Crippen LogP contribution in [0.15, 0.2) is 48.7 Å². The maximum absolute atomic E-state index is 13.8. The number of para-hydroxylation sites is 1. The van der Waals surface area contributed by atoms with Crippen LogP contribution in [-0.4, -0.2) is 20.9 Å². The predicted molar refractivity (Wildman–Crippen MR) is 88.6 cm³/mol. The highest BCUT2D eigenvalue weighted by molar-refractivity contribution is 6.32. The van der Waals surface area contributed by atoms with E-state index in [1.165, 1.54) is 16.9 Å². The first-order chi connectivity index (χ1) is 12.0. The van der Waals surface area contributed by atoms with Crippen LogP contribution in [0.2, 0.25) is 5.02 Å². The second-order valence-electron chi connectivity index (χ2n) is 5.36. The normalized spacial score (nSPS) is 12.0. The molecule has 1 heterocycles. The summed E-state index contributed by atoms with van der Waals surface area (Å²) < 4.78 is 28.1. The fraction of sp³-hybridized carbons (Fsp3) is 0.118. The molecule has 1 unspecified atom stereocenters. The zero-order chi connectivity index (χ0) is 18.0. The number of carbonyl (C=O) groups excluding carboxylic acids is 1. The molecule has 0 spiro atoms. The Bertz CT molecular complexity index is 929. The average molecular weight is 363 g/mol. The highest BCUT2D eigenvalue weighted by Crippen LogP contribution is 2.20. The molecule has 1 aromatic heterocycles. The molecule has 0 aliphatic carbocycles. The zero-order valence-corrected chi connectivity index (χ0v) is 13.8. The number of amides is 1. The Balaban J connectivity index is 1.77. The number of halogens is 3. The van der Waals surface area contributed by atoms with Crippen LogP contribution in [0.25, 0.3) is 5.69 Å². The molecule has 1 amide bonds. The molecule has 8 heteroatoms. The van der Waals surface area contributed by atoms with Crippen LogP contribution in [0.4, 0.5) is 8.78 Å². The minimum Gasteiger partial charge on any atom is -0.344 e. The van der Waals surface area contributed by atoms with E-state index in [-0.39, 0.29) is 11.3 Å². The summed E-state index contributed by atoms with van der Waals surface area (Å²) in [4.78, 5) is 12.3. The van der Waals surface area contributed by atoms with Crippen molar-refractivity contribution < 1.29 is 13.6 Å².